The van der Waals surface area contributed by atoms with E-state index in [1.807, 2.05) is 31.2 Å². The van der Waals surface area contributed by atoms with Gasteiger partial charge in [0.25, 0.3) is 0 Å². The largest absolute Gasteiger partial charge is 0.481 e. The number of aliphatic carboxylic acids is 1. The van der Waals surface area contributed by atoms with Crippen LogP contribution in [0.5, 0.6) is 0 Å². The maximum Gasteiger partial charge on any atom is 0.306 e. The fraction of sp³-hybridized carbons (Fsp3) is 0.579. The SMILES string of the molecule is CCC(CO)NC(=O)Cc1ccc(NC2CCC(C(=O)O)CC2)cc1. The van der Waals surface area contributed by atoms with Crippen molar-refractivity contribution in [2.75, 3.05) is 11.9 Å². The Morgan fingerprint density at radius 1 is 1.16 bits per heavy atom. The average Bonchev–Trinajstić information content (AvgIpc) is 2.61. The van der Waals surface area contributed by atoms with Gasteiger partial charge in [0.1, 0.15) is 0 Å². The van der Waals surface area contributed by atoms with Gasteiger partial charge in [-0.1, -0.05) is 19.1 Å². The molecular formula is C19H28N2O4. The predicted octanol–water partition coefficient (Wildman–Crippen LogP) is 2.17. The Balaban J connectivity index is 1.80. The molecule has 6 heteroatoms. The summed E-state index contributed by atoms with van der Waals surface area (Å²) in [6, 6.07) is 7.87. The molecule has 1 aliphatic carbocycles. The third-order valence-corrected chi connectivity index (χ3v) is 4.84. The summed E-state index contributed by atoms with van der Waals surface area (Å²) in [6.07, 6.45) is 4.15. The van der Waals surface area contributed by atoms with Gasteiger partial charge in [-0.05, 0) is 49.8 Å². The summed E-state index contributed by atoms with van der Waals surface area (Å²) in [5.74, 6) is -0.981. The maximum atomic E-state index is 11.9. The molecule has 1 aliphatic rings. The van der Waals surface area contributed by atoms with E-state index < -0.39 is 5.97 Å². The lowest BCUT2D eigenvalue weighted by molar-refractivity contribution is -0.142. The van der Waals surface area contributed by atoms with E-state index in [1.54, 1.807) is 0 Å². The molecule has 4 N–H and O–H groups in total. The molecule has 1 aromatic carbocycles. The predicted molar refractivity (Wildman–Crippen MR) is 96.5 cm³/mol. The van der Waals surface area contributed by atoms with Crippen molar-refractivity contribution in [3.63, 3.8) is 0 Å². The Bertz CT molecular complexity index is 561. The second-order valence-electron chi connectivity index (χ2n) is 6.76. The van der Waals surface area contributed by atoms with Crippen LogP contribution in [0.2, 0.25) is 0 Å². The average molecular weight is 348 g/mol. The molecule has 0 bridgehead atoms. The molecule has 1 saturated carbocycles. The van der Waals surface area contributed by atoms with Crippen LogP contribution in [0, 0.1) is 5.92 Å². The first-order valence-electron chi connectivity index (χ1n) is 9.00. The Labute approximate surface area is 148 Å². The summed E-state index contributed by atoms with van der Waals surface area (Å²) < 4.78 is 0. The molecule has 0 heterocycles. The number of carboxylic acids is 1. The van der Waals surface area contributed by atoms with Gasteiger partial charge in [-0.2, -0.15) is 0 Å². The molecule has 0 radical (unpaired) electrons. The fourth-order valence-electron chi connectivity index (χ4n) is 3.18. The molecule has 6 nitrogen and oxygen atoms in total. The van der Waals surface area contributed by atoms with Crippen LogP contribution in [0.25, 0.3) is 0 Å². The molecule has 0 aliphatic heterocycles. The van der Waals surface area contributed by atoms with Crippen LogP contribution in [0.1, 0.15) is 44.6 Å². The van der Waals surface area contributed by atoms with Crippen LogP contribution in [0.4, 0.5) is 5.69 Å². The third kappa shape index (κ3) is 6.05. The van der Waals surface area contributed by atoms with Crippen LogP contribution >= 0.6 is 0 Å². The fourth-order valence-corrected chi connectivity index (χ4v) is 3.18. The van der Waals surface area contributed by atoms with Crippen molar-refractivity contribution < 1.29 is 19.8 Å². The summed E-state index contributed by atoms with van der Waals surface area (Å²) >= 11 is 0. The van der Waals surface area contributed by atoms with Crippen LogP contribution < -0.4 is 10.6 Å². The maximum absolute atomic E-state index is 11.9. The van der Waals surface area contributed by atoms with Gasteiger partial charge < -0.3 is 20.8 Å². The highest BCUT2D eigenvalue weighted by Crippen LogP contribution is 2.26. The second kappa shape index (κ2) is 9.42. The zero-order chi connectivity index (χ0) is 18.2. The number of hydrogen-bond donors (Lipinski definition) is 4. The van der Waals surface area contributed by atoms with Crippen LogP contribution in [0.3, 0.4) is 0 Å². The van der Waals surface area contributed by atoms with Crippen molar-refractivity contribution in [2.45, 2.75) is 57.5 Å². The first-order valence-corrected chi connectivity index (χ1v) is 9.00. The number of aliphatic hydroxyl groups excluding tert-OH is 1. The molecule has 0 spiro atoms. The van der Waals surface area contributed by atoms with Gasteiger partial charge in [0.05, 0.1) is 25.0 Å². The van der Waals surface area contributed by atoms with E-state index in [1.165, 1.54) is 0 Å². The standard InChI is InChI=1S/C19H28N2O4/c1-2-15(12-22)21-18(23)11-13-3-7-16(8-4-13)20-17-9-5-14(6-10-17)19(24)25/h3-4,7-8,14-15,17,20,22H,2,5-6,9-12H2,1H3,(H,21,23)(H,24,25). The zero-order valence-corrected chi connectivity index (χ0v) is 14.7. The minimum Gasteiger partial charge on any atom is -0.481 e. The lowest BCUT2D eigenvalue weighted by Crippen LogP contribution is -2.37. The number of amides is 1. The van der Waals surface area contributed by atoms with E-state index in [4.69, 9.17) is 10.2 Å². The number of carbonyl (C=O) groups excluding carboxylic acids is 1. The lowest BCUT2D eigenvalue weighted by atomic mass is 9.86. The van der Waals surface area contributed by atoms with E-state index in [0.717, 1.165) is 24.1 Å². The van der Waals surface area contributed by atoms with Crippen molar-refractivity contribution in [3.8, 4) is 0 Å². The highest BCUT2D eigenvalue weighted by Gasteiger charge is 2.25. The molecule has 1 atom stereocenters. The van der Waals surface area contributed by atoms with Crippen LogP contribution in [-0.2, 0) is 16.0 Å². The minimum atomic E-state index is -0.687. The molecule has 1 fully saturated rings. The number of anilines is 1. The number of hydrogen-bond acceptors (Lipinski definition) is 4. The number of rotatable bonds is 8. The van der Waals surface area contributed by atoms with Gasteiger partial charge in [0, 0.05) is 11.7 Å². The van der Waals surface area contributed by atoms with Gasteiger partial charge >= 0.3 is 5.97 Å². The van der Waals surface area contributed by atoms with Crippen molar-refractivity contribution >= 4 is 17.6 Å². The molecule has 0 aromatic heterocycles. The second-order valence-corrected chi connectivity index (χ2v) is 6.76. The molecule has 25 heavy (non-hydrogen) atoms. The Kier molecular flexibility index (Phi) is 7.25. The molecule has 1 amide bonds. The monoisotopic (exact) mass is 348 g/mol. The smallest absolute Gasteiger partial charge is 0.306 e. The van der Waals surface area contributed by atoms with E-state index in [-0.39, 0.29) is 24.5 Å². The van der Waals surface area contributed by atoms with Gasteiger partial charge in [0.2, 0.25) is 5.91 Å². The molecule has 138 valence electrons. The van der Waals surface area contributed by atoms with Gasteiger partial charge in [-0.15, -0.1) is 0 Å². The van der Waals surface area contributed by atoms with Crippen molar-refractivity contribution in [3.05, 3.63) is 29.8 Å². The van der Waals surface area contributed by atoms with E-state index in [9.17, 15) is 9.59 Å². The Morgan fingerprint density at radius 3 is 2.32 bits per heavy atom. The minimum absolute atomic E-state index is 0.0464. The van der Waals surface area contributed by atoms with Crippen molar-refractivity contribution in [1.29, 1.82) is 0 Å². The van der Waals surface area contributed by atoms with Gasteiger partial charge in [-0.25, -0.2) is 0 Å². The van der Waals surface area contributed by atoms with Gasteiger partial charge in [-0.3, -0.25) is 9.59 Å². The molecule has 0 saturated heterocycles. The summed E-state index contributed by atoms with van der Waals surface area (Å²) in [5, 5.41) is 24.4. The Hall–Kier alpha value is -2.08. The number of benzene rings is 1. The third-order valence-electron chi connectivity index (χ3n) is 4.84. The first kappa shape index (κ1) is 19.2. The summed E-state index contributed by atoms with van der Waals surface area (Å²) in [5.41, 5.74) is 1.91. The van der Waals surface area contributed by atoms with Crippen LogP contribution in [-0.4, -0.2) is 40.8 Å². The summed E-state index contributed by atoms with van der Waals surface area (Å²) in [7, 11) is 0. The van der Waals surface area contributed by atoms with Gasteiger partial charge in [0.15, 0.2) is 0 Å². The summed E-state index contributed by atoms with van der Waals surface area (Å²) in [4.78, 5) is 22.9. The lowest BCUT2D eigenvalue weighted by Gasteiger charge is -2.27. The highest BCUT2D eigenvalue weighted by atomic mass is 16.4. The molecule has 1 unspecified atom stereocenters. The molecular weight excluding hydrogens is 320 g/mol. The van der Waals surface area contributed by atoms with Crippen molar-refractivity contribution in [1.82, 2.24) is 5.32 Å². The van der Waals surface area contributed by atoms with E-state index >= 15 is 0 Å². The zero-order valence-electron chi connectivity index (χ0n) is 14.7. The highest BCUT2D eigenvalue weighted by molar-refractivity contribution is 5.79. The molecule has 1 aromatic rings. The Morgan fingerprint density at radius 2 is 1.80 bits per heavy atom. The number of nitrogens with one attached hydrogen (secondary N) is 2. The number of carboxylic acid groups (broad SMARTS) is 1. The quantitative estimate of drug-likeness (QED) is 0.577. The number of aliphatic hydroxyl groups is 1. The van der Waals surface area contributed by atoms with E-state index in [2.05, 4.69) is 10.6 Å². The van der Waals surface area contributed by atoms with Crippen LogP contribution in [0.15, 0.2) is 24.3 Å². The van der Waals surface area contributed by atoms with Crippen molar-refractivity contribution in [2.24, 2.45) is 5.92 Å². The molecule has 2 rings (SSSR count). The normalized spacial score (nSPS) is 21.4. The first-order chi connectivity index (χ1) is 12.0. The number of carbonyl (C=O) groups is 2. The van der Waals surface area contributed by atoms with E-state index in [0.29, 0.717) is 31.7 Å². The topological polar surface area (TPSA) is 98.7 Å². The summed E-state index contributed by atoms with van der Waals surface area (Å²) in [6.45, 7) is 1.88.